The van der Waals surface area contributed by atoms with Crippen LogP contribution in [0.1, 0.15) is 32.0 Å². The minimum atomic E-state index is -0.360. The molecule has 0 aromatic carbocycles. The van der Waals surface area contributed by atoms with E-state index in [1.807, 2.05) is 6.92 Å². The Bertz CT molecular complexity index is 537. The molecule has 2 heterocycles. The van der Waals surface area contributed by atoms with Gasteiger partial charge in [-0.2, -0.15) is 5.10 Å². The van der Waals surface area contributed by atoms with Gasteiger partial charge in [0.2, 0.25) is 11.8 Å². The molecular formula is C13H19N5O2. The predicted octanol–water partition coefficient (Wildman–Crippen LogP) is -0.169. The topological polar surface area (TPSA) is 80.1 Å². The molecule has 1 aromatic heterocycles. The van der Waals surface area contributed by atoms with Crippen molar-refractivity contribution in [1.82, 2.24) is 25.0 Å². The molecule has 2 atom stereocenters. The molecule has 20 heavy (non-hydrogen) atoms. The summed E-state index contributed by atoms with van der Waals surface area (Å²) >= 11 is 0. The van der Waals surface area contributed by atoms with Crippen LogP contribution in [0.2, 0.25) is 0 Å². The summed E-state index contributed by atoms with van der Waals surface area (Å²) in [5, 5.41) is 6.89. The molecule has 2 aliphatic rings. The van der Waals surface area contributed by atoms with Crippen molar-refractivity contribution < 1.29 is 9.59 Å². The summed E-state index contributed by atoms with van der Waals surface area (Å²) in [6.45, 7) is 2.30. The van der Waals surface area contributed by atoms with E-state index in [1.54, 1.807) is 16.6 Å². The van der Waals surface area contributed by atoms with E-state index < -0.39 is 0 Å². The number of aromatic nitrogens is 3. The molecule has 0 spiro atoms. The normalized spacial score (nSPS) is 27.4. The van der Waals surface area contributed by atoms with E-state index in [0.29, 0.717) is 18.9 Å². The standard InChI is InChI=1S/C13H19N5O2/c1-8-5-11(19)16-12(9-3-4-9)13(20)18(8)6-10-14-7-15-17(10)2/h7-9,12H,3-6H2,1-2H3,(H,16,19). The van der Waals surface area contributed by atoms with Crippen LogP contribution in [0.15, 0.2) is 6.33 Å². The highest BCUT2D eigenvalue weighted by Crippen LogP contribution is 2.35. The van der Waals surface area contributed by atoms with Crippen LogP contribution in [-0.4, -0.2) is 43.6 Å². The summed E-state index contributed by atoms with van der Waals surface area (Å²) < 4.78 is 1.66. The number of rotatable bonds is 3. The van der Waals surface area contributed by atoms with Crippen molar-refractivity contribution in [3.8, 4) is 0 Å². The van der Waals surface area contributed by atoms with Crippen molar-refractivity contribution in [3.05, 3.63) is 12.2 Å². The van der Waals surface area contributed by atoms with Crippen LogP contribution in [0.25, 0.3) is 0 Å². The second-order valence-corrected chi connectivity index (χ2v) is 5.70. The second kappa shape index (κ2) is 4.88. The monoisotopic (exact) mass is 277 g/mol. The number of nitrogens with one attached hydrogen (secondary N) is 1. The Morgan fingerprint density at radius 3 is 2.75 bits per heavy atom. The average Bonchev–Trinajstić information content (AvgIpc) is 3.16. The number of carbonyl (C=O) groups is 2. The highest BCUT2D eigenvalue weighted by Gasteiger charge is 2.42. The molecule has 1 saturated carbocycles. The van der Waals surface area contributed by atoms with Crippen molar-refractivity contribution in [2.75, 3.05) is 0 Å². The summed E-state index contributed by atoms with van der Waals surface area (Å²) in [7, 11) is 1.80. The summed E-state index contributed by atoms with van der Waals surface area (Å²) in [4.78, 5) is 30.5. The van der Waals surface area contributed by atoms with Crippen LogP contribution in [0, 0.1) is 5.92 Å². The number of hydrogen-bond donors (Lipinski definition) is 1. The Balaban J connectivity index is 1.83. The van der Waals surface area contributed by atoms with Gasteiger partial charge < -0.3 is 10.2 Å². The summed E-state index contributed by atoms with van der Waals surface area (Å²) in [5.74, 6) is 1.00. The van der Waals surface area contributed by atoms with E-state index in [0.717, 1.165) is 18.7 Å². The van der Waals surface area contributed by atoms with Gasteiger partial charge in [-0.3, -0.25) is 14.3 Å². The van der Waals surface area contributed by atoms with Crippen molar-refractivity contribution in [2.24, 2.45) is 13.0 Å². The van der Waals surface area contributed by atoms with E-state index in [2.05, 4.69) is 15.4 Å². The third-order valence-electron chi connectivity index (χ3n) is 4.09. The van der Waals surface area contributed by atoms with Gasteiger partial charge in [0.1, 0.15) is 18.2 Å². The van der Waals surface area contributed by atoms with Gasteiger partial charge in [0.25, 0.3) is 0 Å². The number of aryl methyl sites for hydroxylation is 1. The maximum absolute atomic E-state index is 12.7. The van der Waals surface area contributed by atoms with Gasteiger partial charge in [0.15, 0.2) is 0 Å². The molecule has 3 rings (SSSR count). The molecule has 7 nitrogen and oxygen atoms in total. The highest BCUT2D eigenvalue weighted by molar-refractivity contribution is 5.90. The molecule has 0 radical (unpaired) electrons. The maximum atomic E-state index is 12.7. The van der Waals surface area contributed by atoms with Gasteiger partial charge in [-0.1, -0.05) is 0 Å². The van der Waals surface area contributed by atoms with Crippen molar-refractivity contribution in [2.45, 2.75) is 44.8 Å². The fraction of sp³-hybridized carbons (Fsp3) is 0.692. The van der Waals surface area contributed by atoms with Crippen LogP contribution in [0.5, 0.6) is 0 Å². The molecule has 2 fully saturated rings. The van der Waals surface area contributed by atoms with E-state index in [1.165, 1.54) is 6.33 Å². The zero-order valence-electron chi connectivity index (χ0n) is 11.7. The van der Waals surface area contributed by atoms with Gasteiger partial charge in [-0.25, -0.2) is 4.98 Å². The van der Waals surface area contributed by atoms with Gasteiger partial charge in [0, 0.05) is 19.5 Å². The lowest BCUT2D eigenvalue weighted by atomic mass is 10.1. The number of amides is 2. The molecule has 7 heteroatoms. The largest absolute Gasteiger partial charge is 0.344 e. The molecule has 2 amide bonds. The second-order valence-electron chi connectivity index (χ2n) is 5.70. The quantitative estimate of drug-likeness (QED) is 0.832. The number of nitrogens with zero attached hydrogens (tertiary/aromatic N) is 4. The first kappa shape index (κ1) is 13.1. The zero-order valence-corrected chi connectivity index (χ0v) is 11.7. The van der Waals surface area contributed by atoms with E-state index in [9.17, 15) is 9.59 Å². The third-order valence-corrected chi connectivity index (χ3v) is 4.09. The Morgan fingerprint density at radius 2 is 2.15 bits per heavy atom. The van der Waals surface area contributed by atoms with E-state index in [-0.39, 0.29) is 23.9 Å². The summed E-state index contributed by atoms with van der Waals surface area (Å²) in [6.07, 6.45) is 3.85. The maximum Gasteiger partial charge on any atom is 0.246 e. The number of hydrogen-bond acceptors (Lipinski definition) is 4. The summed E-state index contributed by atoms with van der Waals surface area (Å²) in [6, 6.07) is -0.483. The first-order chi connectivity index (χ1) is 9.56. The fourth-order valence-corrected chi connectivity index (χ4v) is 2.67. The molecule has 1 aliphatic carbocycles. The molecular weight excluding hydrogens is 258 g/mol. The zero-order chi connectivity index (χ0) is 14.3. The SMILES string of the molecule is CC1CC(=O)NC(C2CC2)C(=O)N1Cc1ncnn1C. The van der Waals surface area contributed by atoms with Gasteiger partial charge in [-0.05, 0) is 25.7 Å². The lowest BCUT2D eigenvalue weighted by Gasteiger charge is -2.28. The highest BCUT2D eigenvalue weighted by atomic mass is 16.2. The molecule has 2 unspecified atom stereocenters. The predicted molar refractivity (Wildman–Crippen MR) is 70.3 cm³/mol. The average molecular weight is 277 g/mol. The van der Waals surface area contributed by atoms with Crippen LogP contribution in [-0.2, 0) is 23.2 Å². The van der Waals surface area contributed by atoms with Crippen molar-refractivity contribution in [1.29, 1.82) is 0 Å². The molecule has 0 bridgehead atoms. The van der Waals surface area contributed by atoms with E-state index in [4.69, 9.17) is 0 Å². The fourth-order valence-electron chi connectivity index (χ4n) is 2.67. The van der Waals surface area contributed by atoms with Crippen molar-refractivity contribution >= 4 is 11.8 Å². The Kier molecular flexibility index (Phi) is 3.19. The lowest BCUT2D eigenvalue weighted by Crippen LogP contribution is -2.47. The van der Waals surface area contributed by atoms with Gasteiger partial charge in [0.05, 0.1) is 6.54 Å². The minimum absolute atomic E-state index is 0.00819. The van der Waals surface area contributed by atoms with Crippen LogP contribution in [0.4, 0.5) is 0 Å². The lowest BCUT2D eigenvalue weighted by molar-refractivity contribution is -0.136. The molecule has 1 saturated heterocycles. The van der Waals surface area contributed by atoms with Gasteiger partial charge >= 0.3 is 0 Å². The first-order valence-electron chi connectivity index (χ1n) is 6.99. The number of carbonyl (C=O) groups excluding carboxylic acids is 2. The summed E-state index contributed by atoms with van der Waals surface area (Å²) in [5.41, 5.74) is 0. The van der Waals surface area contributed by atoms with Crippen LogP contribution >= 0.6 is 0 Å². The first-order valence-corrected chi connectivity index (χ1v) is 6.99. The minimum Gasteiger partial charge on any atom is -0.344 e. The Hall–Kier alpha value is -1.92. The Labute approximate surface area is 117 Å². The molecule has 108 valence electrons. The van der Waals surface area contributed by atoms with Crippen LogP contribution < -0.4 is 5.32 Å². The van der Waals surface area contributed by atoms with Crippen molar-refractivity contribution in [3.63, 3.8) is 0 Å². The van der Waals surface area contributed by atoms with Gasteiger partial charge in [-0.15, -0.1) is 0 Å². The molecule has 1 aromatic rings. The van der Waals surface area contributed by atoms with Crippen LogP contribution in [0.3, 0.4) is 0 Å². The smallest absolute Gasteiger partial charge is 0.246 e. The Morgan fingerprint density at radius 1 is 1.40 bits per heavy atom. The third kappa shape index (κ3) is 2.39. The molecule has 1 N–H and O–H groups in total. The molecule has 1 aliphatic heterocycles. The van der Waals surface area contributed by atoms with E-state index >= 15 is 0 Å².